The molecule has 3 rings (SSSR count). The molecule has 1 aromatic heterocycles. The molecule has 3 heterocycles. The van der Waals surface area contributed by atoms with E-state index in [-0.39, 0.29) is 42.0 Å². The zero-order chi connectivity index (χ0) is 18.4. The highest BCUT2D eigenvalue weighted by Gasteiger charge is 2.49. The number of hydrogen-bond donors (Lipinski definition) is 1. The lowest BCUT2D eigenvalue weighted by atomic mass is 10.0. The largest absolute Gasteiger partial charge is 0.335 e. The van der Waals surface area contributed by atoms with Gasteiger partial charge in [-0.15, -0.1) is 0 Å². The Morgan fingerprint density at radius 2 is 1.80 bits per heavy atom. The molecule has 25 heavy (non-hydrogen) atoms. The molecule has 0 spiro atoms. The summed E-state index contributed by atoms with van der Waals surface area (Å²) in [5.41, 5.74) is -0.702. The van der Waals surface area contributed by atoms with Crippen LogP contribution in [-0.2, 0) is 14.6 Å². The van der Waals surface area contributed by atoms with Gasteiger partial charge in [-0.3, -0.25) is 14.4 Å². The van der Waals surface area contributed by atoms with E-state index in [9.17, 15) is 22.8 Å². The summed E-state index contributed by atoms with van der Waals surface area (Å²) in [7, 11) is -3.37. The van der Waals surface area contributed by atoms with Crippen molar-refractivity contribution in [2.75, 3.05) is 24.6 Å². The molecule has 0 aromatic carbocycles. The van der Waals surface area contributed by atoms with Gasteiger partial charge in [0, 0.05) is 25.2 Å². The van der Waals surface area contributed by atoms with E-state index in [0.29, 0.717) is 0 Å². The standard InChI is InChI=1S/C15H20N4O5S/c1-9(2)14(21)18-3-4-19(12-7-25(23,24)6-11(12)18)15(22)10-5-16-8-17-13(10)20/h5,8-9,11-12H,3-4,6-7H2,1-2H3,(H,16,17,20)/t11-,12+/m1/s1. The number of piperazine rings is 1. The first-order valence-electron chi connectivity index (χ1n) is 8.06. The van der Waals surface area contributed by atoms with Crippen molar-refractivity contribution in [2.24, 2.45) is 5.92 Å². The Morgan fingerprint density at radius 1 is 1.20 bits per heavy atom. The molecule has 2 amide bonds. The molecule has 0 bridgehead atoms. The van der Waals surface area contributed by atoms with Gasteiger partial charge in [-0.05, 0) is 0 Å². The monoisotopic (exact) mass is 368 g/mol. The number of hydrogen-bond acceptors (Lipinski definition) is 6. The zero-order valence-corrected chi connectivity index (χ0v) is 14.8. The maximum absolute atomic E-state index is 12.8. The summed E-state index contributed by atoms with van der Waals surface area (Å²) in [6, 6.07) is -1.22. The van der Waals surface area contributed by atoms with Crippen LogP contribution in [0, 0.1) is 5.92 Å². The molecule has 2 aliphatic heterocycles. The number of aromatic nitrogens is 2. The average Bonchev–Trinajstić information content (AvgIpc) is 2.87. The van der Waals surface area contributed by atoms with Gasteiger partial charge in [-0.1, -0.05) is 13.8 Å². The Balaban J connectivity index is 1.94. The number of nitrogens with one attached hydrogen (secondary N) is 1. The Morgan fingerprint density at radius 3 is 2.40 bits per heavy atom. The second-order valence-electron chi connectivity index (χ2n) is 6.69. The van der Waals surface area contributed by atoms with Gasteiger partial charge in [-0.25, -0.2) is 13.4 Å². The first kappa shape index (κ1) is 17.6. The van der Waals surface area contributed by atoms with Gasteiger partial charge in [0.15, 0.2) is 9.84 Å². The number of rotatable bonds is 2. The number of amides is 2. The summed E-state index contributed by atoms with van der Waals surface area (Å²) in [5, 5.41) is 0. The number of sulfone groups is 1. The maximum atomic E-state index is 12.8. The van der Waals surface area contributed by atoms with Crippen LogP contribution >= 0.6 is 0 Å². The molecule has 1 N–H and O–H groups in total. The molecule has 2 aliphatic rings. The van der Waals surface area contributed by atoms with Crippen molar-refractivity contribution in [1.29, 1.82) is 0 Å². The van der Waals surface area contributed by atoms with Crippen LogP contribution in [-0.4, -0.2) is 76.7 Å². The minimum absolute atomic E-state index is 0.126. The van der Waals surface area contributed by atoms with Gasteiger partial charge in [-0.2, -0.15) is 0 Å². The molecule has 0 saturated carbocycles. The molecule has 136 valence electrons. The first-order chi connectivity index (χ1) is 11.7. The number of H-pyrrole nitrogens is 1. The van der Waals surface area contributed by atoms with E-state index in [1.54, 1.807) is 18.7 Å². The van der Waals surface area contributed by atoms with Crippen molar-refractivity contribution in [3.63, 3.8) is 0 Å². The quantitative estimate of drug-likeness (QED) is 0.706. The van der Waals surface area contributed by atoms with Crippen LogP contribution in [0.25, 0.3) is 0 Å². The predicted molar refractivity (Wildman–Crippen MR) is 88.7 cm³/mol. The summed E-state index contributed by atoms with van der Waals surface area (Å²) >= 11 is 0. The number of nitrogens with zero attached hydrogens (tertiary/aromatic N) is 3. The van der Waals surface area contributed by atoms with E-state index >= 15 is 0 Å². The van der Waals surface area contributed by atoms with Crippen molar-refractivity contribution in [3.8, 4) is 0 Å². The van der Waals surface area contributed by atoms with Gasteiger partial charge in [0.2, 0.25) is 5.91 Å². The Bertz CT molecular complexity index is 863. The predicted octanol–water partition coefficient (Wildman–Crippen LogP) is -1.12. The number of carbonyl (C=O) groups is 2. The van der Waals surface area contributed by atoms with Gasteiger partial charge >= 0.3 is 0 Å². The van der Waals surface area contributed by atoms with Crippen LogP contribution in [0.2, 0.25) is 0 Å². The zero-order valence-electron chi connectivity index (χ0n) is 14.0. The normalized spacial score (nSPS) is 25.1. The minimum Gasteiger partial charge on any atom is -0.335 e. The third-order valence-corrected chi connectivity index (χ3v) is 6.36. The van der Waals surface area contributed by atoms with Crippen LogP contribution in [0.15, 0.2) is 17.3 Å². The third kappa shape index (κ3) is 3.17. The van der Waals surface area contributed by atoms with Crippen molar-refractivity contribution in [2.45, 2.75) is 25.9 Å². The minimum atomic E-state index is -3.37. The van der Waals surface area contributed by atoms with Crippen LogP contribution in [0.4, 0.5) is 0 Å². The molecule has 9 nitrogen and oxygen atoms in total. The second-order valence-corrected chi connectivity index (χ2v) is 8.84. The van der Waals surface area contributed by atoms with Gasteiger partial charge < -0.3 is 14.8 Å². The molecule has 2 saturated heterocycles. The Kier molecular flexibility index (Phi) is 4.40. The fraction of sp³-hybridized carbons (Fsp3) is 0.600. The fourth-order valence-corrected chi connectivity index (χ4v) is 5.44. The maximum Gasteiger partial charge on any atom is 0.263 e. The van der Waals surface area contributed by atoms with Gasteiger partial charge in [0.25, 0.3) is 11.5 Å². The van der Waals surface area contributed by atoms with Crippen molar-refractivity contribution >= 4 is 21.7 Å². The SMILES string of the molecule is CC(C)C(=O)N1CCN(C(=O)c2cnc[nH]c2=O)[C@H]2CS(=O)(=O)C[C@H]21. The summed E-state index contributed by atoms with van der Waals surface area (Å²) in [6.07, 6.45) is 2.35. The van der Waals surface area contributed by atoms with E-state index in [1.807, 2.05) is 0 Å². The smallest absolute Gasteiger partial charge is 0.263 e. The molecular weight excluding hydrogens is 348 g/mol. The number of fused-ring (bicyclic) bond motifs is 1. The number of carbonyl (C=O) groups excluding carboxylic acids is 2. The Hall–Kier alpha value is -2.23. The number of aromatic amines is 1. The lowest BCUT2D eigenvalue weighted by Crippen LogP contribution is -2.62. The van der Waals surface area contributed by atoms with Crippen LogP contribution in [0.5, 0.6) is 0 Å². The van der Waals surface area contributed by atoms with Crippen molar-refractivity contribution in [3.05, 3.63) is 28.4 Å². The lowest BCUT2D eigenvalue weighted by molar-refractivity contribution is -0.139. The van der Waals surface area contributed by atoms with E-state index in [4.69, 9.17) is 0 Å². The molecule has 1 aromatic rings. The van der Waals surface area contributed by atoms with Gasteiger partial charge in [0.05, 0.1) is 29.9 Å². The third-order valence-electron chi connectivity index (χ3n) is 4.66. The van der Waals surface area contributed by atoms with E-state index in [1.165, 1.54) is 17.4 Å². The molecule has 2 atom stereocenters. The van der Waals surface area contributed by atoms with Crippen LogP contribution < -0.4 is 5.56 Å². The highest BCUT2D eigenvalue weighted by Crippen LogP contribution is 2.28. The van der Waals surface area contributed by atoms with E-state index in [2.05, 4.69) is 9.97 Å². The summed E-state index contributed by atoms with van der Waals surface area (Å²) in [5.74, 6) is -1.31. The molecule has 0 aliphatic carbocycles. The molecule has 0 unspecified atom stereocenters. The molecule has 0 radical (unpaired) electrons. The lowest BCUT2D eigenvalue weighted by Gasteiger charge is -2.44. The molecule has 2 fully saturated rings. The summed E-state index contributed by atoms with van der Waals surface area (Å²) in [4.78, 5) is 46.1. The second kappa shape index (κ2) is 6.25. The van der Waals surface area contributed by atoms with Gasteiger partial charge in [0.1, 0.15) is 5.56 Å². The first-order valence-corrected chi connectivity index (χ1v) is 9.88. The van der Waals surface area contributed by atoms with Crippen LogP contribution in [0.1, 0.15) is 24.2 Å². The summed E-state index contributed by atoms with van der Waals surface area (Å²) < 4.78 is 24.3. The average molecular weight is 368 g/mol. The van der Waals surface area contributed by atoms with E-state index < -0.39 is 33.4 Å². The Labute approximate surface area is 145 Å². The van der Waals surface area contributed by atoms with Crippen molar-refractivity contribution in [1.82, 2.24) is 19.8 Å². The van der Waals surface area contributed by atoms with E-state index in [0.717, 1.165) is 0 Å². The fourth-order valence-electron chi connectivity index (χ4n) is 3.46. The van der Waals surface area contributed by atoms with Crippen molar-refractivity contribution < 1.29 is 18.0 Å². The van der Waals surface area contributed by atoms with Crippen LogP contribution in [0.3, 0.4) is 0 Å². The highest BCUT2D eigenvalue weighted by molar-refractivity contribution is 7.91. The highest BCUT2D eigenvalue weighted by atomic mass is 32.2. The molecular formula is C15H20N4O5S. The molecule has 10 heteroatoms. The topological polar surface area (TPSA) is 121 Å². The summed E-state index contributed by atoms with van der Waals surface area (Å²) in [6.45, 7) is 3.95.